The van der Waals surface area contributed by atoms with Crippen LogP contribution in [-0.4, -0.2) is 5.91 Å². The Morgan fingerprint density at radius 1 is 1.16 bits per heavy atom. The number of amides is 1. The van der Waals surface area contributed by atoms with Crippen molar-refractivity contribution in [2.75, 3.05) is 5.32 Å². The molecule has 3 rings (SSSR count). The van der Waals surface area contributed by atoms with E-state index in [9.17, 15) is 10.1 Å². The van der Waals surface area contributed by atoms with Gasteiger partial charge in [0.1, 0.15) is 24.0 Å². The third-order valence-electron chi connectivity index (χ3n) is 4.44. The summed E-state index contributed by atoms with van der Waals surface area (Å²) < 4.78 is 7.50. The van der Waals surface area contributed by atoms with Gasteiger partial charge in [-0.1, -0.05) is 63.9 Å². The molecule has 0 radical (unpaired) electrons. The molecule has 0 aromatic heterocycles. The molecule has 0 spiro atoms. The van der Waals surface area contributed by atoms with Crippen LogP contribution in [0.5, 0.6) is 5.75 Å². The molecule has 1 N–H and O–H groups in total. The van der Waals surface area contributed by atoms with E-state index >= 15 is 0 Å². The van der Waals surface area contributed by atoms with E-state index in [0.29, 0.717) is 33.1 Å². The molecule has 0 bridgehead atoms. The number of nitrogens with zero attached hydrogens (tertiary/aromatic N) is 1. The van der Waals surface area contributed by atoms with Gasteiger partial charge in [0.2, 0.25) is 0 Å². The first-order chi connectivity index (χ1) is 14.9. The number of ether oxygens (including phenoxy) is 1. The van der Waals surface area contributed by atoms with E-state index in [4.69, 9.17) is 16.3 Å². The van der Waals surface area contributed by atoms with Gasteiger partial charge in [0.25, 0.3) is 5.91 Å². The fourth-order valence-corrected chi connectivity index (χ4v) is 4.35. The summed E-state index contributed by atoms with van der Waals surface area (Å²) in [4.78, 5) is 12.8. The second-order valence-electron chi connectivity index (χ2n) is 6.62. The monoisotopic (exact) mass is 558 g/mol. The van der Waals surface area contributed by atoms with Crippen LogP contribution in [0.25, 0.3) is 6.08 Å². The Bertz CT molecular complexity index is 1190. The lowest BCUT2D eigenvalue weighted by Gasteiger charge is -2.13. The number of nitriles is 1. The minimum absolute atomic E-state index is 0.0612. The lowest BCUT2D eigenvalue weighted by molar-refractivity contribution is -0.112. The van der Waals surface area contributed by atoms with Gasteiger partial charge in [0.15, 0.2) is 0 Å². The largest absolute Gasteiger partial charge is 0.487 e. The molecule has 0 fully saturated rings. The molecule has 0 saturated carbocycles. The first-order valence-corrected chi connectivity index (χ1v) is 11.2. The van der Waals surface area contributed by atoms with Crippen LogP contribution in [0.15, 0.2) is 75.2 Å². The van der Waals surface area contributed by atoms with Crippen molar-refractivity contribution in [1.29, 1.82) is 5.26 Å². The van der Waals surface area contributed by atoms with E-state index in [1.165, 1.54) is 6.08 Å². The maximum absolute atomic E-state index is 12.8. The second kappa shape index (κ2) is 10.6. The number of hydrogen-bond acceptors (Lipinski definition) is 3. The minimum Gasteiger partial charge on any atom is -0.487 e. The van der Waals surface area contributed by atoms with Crippen molar-refractivity contribution in [3.63, 3.8) is 0 Å². The Hall–Kier alpha value is -2.59. The molecule has 0 heterocycles. The van der Waals surface area contributed by atoms with Crippen LogP contribution in [0.1, 0.15) is 16.7 Å². The second-order valence-corrected chi connectivity index (χ2v) is 8.79. The van der Waals surface area contributed by atoms with Gasteiger partial charge in [-0.05, 0) is 64.3 Å². The van der Waals surface area contributed by atoms with Crippen molar-refractivity contribution < 1.29 is 9.53 Å². The van der Waals surface area contributed by atoms with E-state index in [0.717, 1.165) is 15.6 Å². The number of carbonyl (C=O) groups is 1. The fourth-order valence-electron chi connectivity index (χ4n) is 2.81. The van der Waals surface area contributed by atoms with E-state index in [1.807, 2.05) is 42.5 Å². The Balaban J connectivity index is 1.91. The number of carbonyl (C=O) groups excluding carboxylic acids is 1. The van der Waals surface area contributed by atoms with Gasteiger partial charge < -0.3 is 10.1 Å². The predicted molar refractivity (Wildman–Crippen MR) is 131 cm³/mol. The molecular formula is C24H17Br2ClN2O2. The number of anilines is 1. The summed E-state index contributed by atoms with van der Waals surface area (Å²) in [7, 11) is 0. The number of nitrogens with one attached hydrogen (secondary N) is 1. The van der Waals surface area contributed by atoms with E-state index in [1.54, 1.807) is 31.2 Å². The van der Waals surface area contributed by atoms with Crippen molar-refractivity contribution in [2.24, 2.45) is 0 Å². The standard InChI is InChI=1S/C24H17Br2ClN2O2/c1-15-21(27)8-5-9-22(15)29-24(30)18(13-28)10-17-11-19(25)12-20(26)23(17)31-14-16-6-3-2-4-7-16/h2-12H,14H2,1H3,(H,29,30)/b18-10+. The molecule has 3 aromatic carbocycles. The van der Waals surface area contributed by atoms with Crippen LogP contribution in [0.2, 0.25) is 5.02 Å². The molecular weight excluding hydrogens is 544 g/mol. The predicted octanol–water partition coefficient (Wildman–Crippen LogP) is 7.30. The molecule has 3 aromatic rings. The van der Waals surface area contributed by atoms with Crippen molar-refractivity contribution in [2.45, 2.75) is 13.5 Å². The van der Waals surface area contributed by atoms with Gasteiger partial charge in [-0.25, -0.2) is 0 Å². The van der Waals surface area contributed by atoms with Crippen molar-refractivity contribution in [3.05, 3.63) is 96.9 Å². The molecule has 31 heavy (non-hydrogen) atoms. The first kappa shape index (κ1) is 23.1. The third kappa shape index (κ3) is 5.98. The molecule has 1 amide bonds. The average Bonchev–Trinajstić information content (AvgIpc) is 2.75. The van der Waals surface area contributed by atoms with E-state index < -0.39 is 5.91 Å². The summed E-state index contributed by atoms with van der Waals surface area (Å²) in [5.41, 5.74) is 2.81. The van der Waals surface area contributed by atoms with E-state index in [2.05, 4.69) is 37.2 Å². The maximum atomic E-state index is 12.8. The quantitative estimate of drug-likeness (QED) is 0.254. The van der Waals surface area contributed by atoms with Crippen molar-refractivity contribution in [3.8, 4) is 11.8 Å². The molecule has 0 unspecified atom stereocenters. The third-order valence-corrected chi connectivity index (χ3v) is 5.90. The zero-order valence-corrected chi connectivity index (χ0v) is 20.4. The Labute approximate surface area is 202 Å². The number of halogens is 3. The average molecular weight is 561 g/mol. The van der Waals surface area contributed by atoms with Gasteiger partial charge in [0, 0.05) is 20.7 Å². The SMILES string of the molecule is Cc1c(Cl)cccc1NC(=O)/C(C#N)=C/c1cc(Br)cc(Br)c1OCc1ccccc1. The summed E-state index contributed by atoms with van der Waals surface area (Å²) >= 11 is 13.1. The number of benzene rings is 3. The Kier molecular flexibility index (Phi) is 7.91. The summed E-state index contributed by atoms with van der Waals surface area (Å²) in [5, 5.41) is 12.9. The first-order valence-electron chi connectivity index (χ1n) is 9.23. The lowest BCUT2D eigenvalue weighted by atomic mass is 10.1. The van der Waals surface area contributed by atoms with Gasteiger partial charge in [-0.15, -0.1) is 0 Å². The Morgan fingerprint density at radius 3 is 2.61 bits per heavy atom. The van der Waals surface area contributed by atoms with Gasteiger partial charge in [0.05, 0.1) is 4.47 Å². The van der Waals surface area contributed by atoms with Crippen LogP contribution in [0, 0.1) is 18.3 Å². The van der Waals surface area contributed by atoms with Crippen LogP contribution >= 0.6 is 43.5 Å². The zero-order valence-electron chi connectivity index (χ0n) is 16.5. The molecule has 7 heteroatoms. The van der Waals surface area contributed by atoms with Crippen LogP contribution < -0.4 is 10.1 Å². The van der Waals surface area contributed by atoms with Crippen LogP contribution in [0.4, 0.5) is 5.69 Å². The van der Waals surface area contributed by atoms with Gasteiger partial charge in [-0.2, -0.15) is 5.26 Å². The van der Waals surface area contributed by atoms with Gasteiger partial charge >= 0.3 is 0 Å². The molecule has 0 aliphatic carbocycles. The highest BCUT2D eigenvalue weighted by Crippen LogP contribution is 2.35. The molecule has 0 atom stereocenters. The molecule has 0 aliphatic heterocycles. The number of rotatable bonds is 6. The van der Waals surface area contributed by atoms with Crippen molar-refractivity contribution >= 4 is 61.1 Å². The normalized spacial score (nSPS) is 11.0. The highest BCUT2D eigenvalue weighted by atomic mass is 79.9. The summed E-state index contributed by atoms with van der Waals surface area (Å²) in [6.07, 6.45) is 1.51. The summed E-state index contributed by atoms with van der Waals surface area (Å²) in [5.74, 6) is 0.00418. The van der Waals surface area contributed by atoms with Crippen LogP contribution in [-0.2, 0) is 11.4 Å². The van der Waals surface area contributed by atoms with E-state index in [-0.39, 0.29) is 5.57 Å². The highest BCUT2D eigenvalue weighted by molar-refractivity contribution is 9.11. The molecule has 156 valence electrons. The smallest absolute Gasteiger partial charge is 0.266 e. The topological polar surface area (TPSA) is 62.1 Å². The van der Waals surface area contributed by atoms with Gasteiger partial charge in [-0.3, -0.25) is 4.79 Å². The summed E-state index contributed by atoms with van der Waals surface area (Å²) in [6.45, 7) is 2.15. The molecule has 0 aliphatic rings. The minimum atomic E-state index is -0.530. The lowest BCUT2D eigenvalue weighted by Crippen LogP contribution is -2.14. The summed E-state index contributed by atoms with van der Waals surface area (Å²) in [6, 6.07) is 20.6. The maximum Gasteiger partial charge on any atom is 0.266 e. The zero-order chi connectivity index (χ0) is 22.4. The molecule has 4 nitrogen and oxygen atoms in total. The fraction of sp³-hybridized carbons (Fsp3) is 0.0833. The molecule has 0 saturated heterocycles. The van der Waals surface area contributed by atoms with Crippen molar-refractivity contribution in [1.82, 2.24) is 0 Å². The number of hydrogen-bond donors (Lipinski definition) is 1. The Morgan fingerprint density at radius 2 is 1.90 bits per heavy atom. The van der Waals surface area contributed by atoms with Crippen LogP contribution in [0.3, 0.4) is 0 Å². The highest BCUT2D eigenvalue weighted by Gasteiger charge is 2.15.